The molecule has 0 saturated carbocycles. The van der Waals surface area contributed by atoms with Crippen molar-refractivity contribution in [1.82, 2.24) is 15.3 Å². The molecule has 0 saturated heterocycles. The van der Waals surface area contributed by atoms with Gasteiger partial charge < -0.3 is 5.32 Å². The van der Waals surface area contributed by atoms with Gasteiger partial charge in [-0.15, -0.1) is 0 Å². The third-order valence-electron chi connectivity index (χ3n) is 7.29. The summed E-state index contributed by atoms with van der Waals surface area (Å²) < 4.78 is 0. The zero-order valence-electron chi connectivity index (χ0n) is 22.8. The lowest BCUT2D eigenvalue weighted by atomic mass is 10.0. The van der Waals surface area contributed by atoms with Crippen LogP contribution in [0.3, 0.4) is 0 Å². The molecule has 6 aromatic rings. The van der Waals surface area contributed by atoms with Crippen LogP contribution in [-0.4, -0.2) is 21.6 Å². The molecule has 3 heterocycles. The molecule has 1 unspecified atom stereocenters. The first-order valence-corrected chi connectivity index (χ1v) is 13.9. The van der Waals surface area contributed by atoms with E-state index < -0.39 is 6.17 Å². The van der Waals surface area contributed by atoms with Gasteiger partial charge in [-0.1, -0.05) is 115 Å². The highest BCUT2D eigenvalue weighted by atomic mass is 15.2. The molecular formula is C37H27N5. The van der Waals surface area contributed by atoms with Crippen molar-refractivity contribution in [3.63, 3.8) is 0 Å². The Bertz CT molecular complexity index is 1750. The highest BCUT2D eigenvalue weighted by molar-refractivity contribution is 6.16. The Balaban J connectivity index is 1.23. The first kappa shape index (κ1) is 25.3. The van der Waals surface area contributed by atoms with Crippen molar-refractivity contribution in [1.29, 1.82) is 0 Å². The molecule has 1 atom stereocenters. The summed E-state index contributed by atoms with van der Waals surface area (Å²) in [5, 5.41) is 3.52. The van der Waals surface area contributed by atoms with Crippen molar-refractivity contribution < 1.29 is 0 Å². The van der Waals surface area contributed by atoms with Crippen LogP contribution in [0.1, 0.15) is 22.9 Å². The quantitative estimate of drug-likeness (QED) is 0.233. The lowest BCUT2D eigenvalue weighted by Gasteiger charge is -2.22. The van der Waals surface area contributed by atoms with Gasteiger partial charge in [0.1, 0.15) is 11.7 Å². The molecule has 0 fully saturated rings. The smallest absolute Gasteiger partial charge is 0.169 e. The highest BCUT2D eigenvalue weighted by Crippen LogP contribution is 2.28. The normalized spacial score (nSPS) is 14.4. The fourth-order valence-corrected chi connectivity index (χ4v) is 5.04. The van der Waals surface area contributed by atoms with E-state index in [-0.39, 0.29) is 0 Å². The standard InChI is InChI=1S/C37H27N5/c1-2-8-26(9-3-1)27-12-18-30(19-13-27)35-40-36(31-20-14-28(15-21-31)33-10-4-6-24-38-33)42-37(41-35)32-22-16-29(17-23-32)34-11-5-7-25-39-34/h1-25,36H,(H,40,41,42). The predicted molar refractivity (Wildman–Crippen MR) is 170 cm³/mol. The van der Waals surface area contributed by atoms with Gasteiger partial charge in [-0.2, -0.15) is 0 Å². The molecule has 2 aromatic heterocycles. The fourth-order valence-electron chi connectivity index (χ4n) is 5.04. The number of benzene rings is 4. The number of aliphatic imine (C=N–C) groups is 2. The van der Waals surface area contributed by atoms with Crippen molar-refractivity contribution in [2.24, 2.45) is 9.98 Å². The summed E-state index contributed by atoms with van der Waals surface area (Å²) in [6, 6.07) is 47.4. The molecule has 200 valence electrons. The van der Waals surface area contributed by atoms with Gasteiger partial charge in [0, 0.05) is 34.6 Å². The Morgan fingerprint density at radius 3 is 1.31 bits per heavy atom. The van der Waals surface area contributed by atoms with E-state index in [9.17, 15) is 0 Å². The van der Waals surface area contributed by atoms with Gasteiger partial charge >= 0.3 is 0 Å². The van der Waals surface area contributed by atoms with E-state index in [0.29, 0.717) is 0 Å². The Morgan fingerprint density at radius 2 is 0.810 bits per heavy atom. The Kier molecular flexibility index (Phi) is 6.89. The van der Waals surface area contributed by atoms with Crippen molar-refractivity contribution >= 4 is 11.7 Å². The minimum atomic E-state index is -0.390. The van der Waals surface area contributed by atoms with Gasteiger partial charge in [0.15, 0.2) is 6.17 Å². The van der Waals surface area contributed by atoms with Crippen LogP contribution in [0.15, 0.2) is 162 Å². The molecule has 0 spiro atoms. The minimum Gasteiger partial charge on any atom is -0.324 e. The molecule has 0 aliphatic carbocycles. The van der Waals surface area contributed by atoms with E-state index in [4.69, 9.17) is 9.98 Å². The number of pyridine rings is 2. The van der Waals surface area contributed by atoms with Crippen LogP contribution in [0.25, 0.3) is 33.6 Å². The van der Waals surface area contributed by atoms with Gasteiger partial charge in [-0.05, 0) is 41.0 Å². The number of aromatic nitrogens is 2. The van der Waals surface area contributed by atoms with Crippen LogP contribution in [0.2, 0.25) is 0 Å². The lowest BCUT2D eigenvalue weighted by Crippen LogP contribution is -2.36. The van der Waals surface area contributed by atoms with Crippen molar-refractivity contribution in [3.05, 3.63) is 169 Å². The number of hydrogen-bond acceptors (Lipinski definition) is 5. The van der Waals surface area contributed by atoms with Gasteiger partial charge in [-0.3, -0.25) is 9.97 Å². The number of amidine groups is 2. The molecule has 42 heavy (non-hydrogen) atoms. The third kappa shape index (κ3) is 5.36. The Morgan fingerprint density at radius 1 is 0.381 bits per heavy atom. The maximum Gasteiger partial charge on any atom is 0.169 e. The molecule has 0 amide bonds. The predicted octanol–water partition coefficient (Wildman–Crippen LogP) is 7.97. The first-order chi connectivity index (χ1) is 20.8. The van der Waals surface area contributed by atoms with Crippen LogP contribution < -0.4 is 5.32 Å². The topological polar surface area (TPSA) is 62.5 Å². The zero-order chi connectivity index (χ0) is 28.1. The van der Waals surface area contributed by atoms with Crippen molar-refractivity contribution in [2.45, 2.75) is 6.17 Å². The van der Waals surface area contributed by atoms with Crippen LogP contribution in [0, 0.1) is 0 Å². The second kappa shape index (κ2) is 11.4. The fraction of sp³-hybridized carbons (Fsp3) is 0.0270. The van der Waals surface area contributed by atoms with Gasteiger partial charge in [-0.25, -0.2) is 9.98 Å². The van der Waals surface area contributed by atoms with Crippen LogP contribution in [-0.2, 0) is 0 Å². The average molecular weight is 542 g/mol. The van der Waals surface area contributed by atoms with Gasteiger partial charge in [0.25, 0.3) is 0 Å². The second-order valence-corrected chi connectivity index (χ2v) is 10.0. The zero-order valence-corrected chi connectivity index (χ0v) is 22.8. The summed E-state index contributed by atoms with van der Waals surface area (Å²) in [5.41, 5.74) is 9.34. The Hall–Kier alpha value is -5.68. The highest BCUT2D eigenvalue weighted by Gasteiger charge is 2.21. The summed E-state index contributed by atoms with van der Waals surface area (Å²) in [6.45, 7) is 0. The summed E-state index contributed by atoms with van der Waals surface area (Å²) in [4.78, 5) is 19.1. The number of nitrogens with zero attached hydrogens (tertiary/aromatic N) is 4. The van der Waals surface area contributed by atoms with Gasteiger partial charge in [0.2, 0.25) is 0 Å². The Labute approximate surface area is 245 Å². The second-order valence-electron chi connectivity index (χ2n) is 10.0. The monoisotopic (exact) mass is 541 g/mol. The van der Waals surface area contributed by atoms with E-state index in [1.807, 2.05) is 54.9 Å². The molecule has 5 nitrogen and oxygen atoms in total. The summed E-state index contributed by atoms with van der Waals surface area (Å²) in [5.74, 6) is 1.56. The summed E-state index contributed by atoms with van der Waals surface area (Å²) in [7, 11) is 0. The summed E-state index contributed by atoms with van der Waals surface area (Å²) in [6.07, 6.45) is 3.23. The molecule has 1 aliphatic rings. The van der Waals surface area contributed by atoms with Crippen molar-refractivity contribution in [3.8, 4) is 33.6 Å². The minimum absolute atomic E-state index is 0.390. The summed E-state index contributed by atoms with van der Waals surface area (Å²) >= 11 is 0. The molecular weight excluding hydrogens is 514 g/mol. The van der Waals surface area contributed by atoms with E-state index in [1.54, 1.807) is 0 Å². The third-order valence-corrected chi connectivity index (χ3v) is 7.29. The molecule has 4 aromatic carbocycles. The largest absolute Gasteiger partial charge is 0.324 e. The maximum atomic E-state index is 5.06. The maximum absolute atomic E-state index is 5.06. The van der Waals surface area contributed by atoms with E-state index in [0.717, 1.165) is 56.4 Å². The van der Waals surface area contributed by atoms with Crippen molar-refractivity contribution in [2.75, 3.05) is 0 Å². The molecule has 7 rings (SSSR count). The van der Waals surface area contributed by atoms with E-state index in [1.165, 1.54) is 5.56 Å². The average Bonchev–Trinajstić information content (AvgIpc) is 3.09. The first-order valence-electron chi connectivity index (χ1n) is 13.9. The van der Waals surface area contributed by atoms with E-state index >= 15 is 0 Å². The van der Waals surface area contributed by atoms with E-state index in [2.05, 4.69) is 112 Å². The number of nitrogens with one attached hydrogen (secondary N) is 1. The number of rotatable bonds is 6. The number of hydrogen-bond donors (Lipinski definition) is 1. The molecule has 5 heteroatoms. The molecule has 1 N–H and O–H groups in total. The van der Waals surface area contributed by atoms with Crippen LogP contribution >= 0.6 is 0 Å². The van der Waals surface area contributed by atoms with Crippen LogP contribution in [0.5, 0.6) is 0 Å². The molecule has 1 aliphatic heterocycles. The molecule has 0 bridgehead atoms. The van der Waals surface area contributed by atoms with Gasteiger partial charge in [0.05, 0.1) is 11.4 Å². The molecule has 0 radical (unpaired) electrons. The SMILES string of the molecule is c1ccc(-c2ccc(C3=NC(c4ccc(-c5ccccn5)cc4)N=C(c4ccc(-c5ccccn5)cc4)N3)cc2)cc1. The van der Waals surface area contributed by atoms with Crippen LogP contribution in [0.4, 0.5) is 0 Å². The lowest BCUT2D eigenvalue weighted by molar-refractivity contribution is 0.756.